The van der Waals surface area contributed by atoms with Crippen LogP contribution in [0.15, 0.2) is 24.3 Å². The number of amides is 1. The molecule has 0 atom stereocenters. The fourth-order valence-corrected chi connectivity index (χ4v) is 2.54. The lowest BCUT2D eigenvalue weighted by atomic mass is 9.85. The van der Waals surface area contributed by atoms with E-state index in [2.05, 4.69) is 51.7 Å². The lowest BCUT2D eigenvalue weighted by Crippen LogP contribution is -2.35. The molecule has 1 fully saturated rings. The van der Waals surface area contributed by atoms with Gasteiger partial charge in [-0.1, -0.05) is 36.2 Å². The summed E-state index contributed by atoms with van der Waals surface area (Å²) >= 11 is 0. The van der Waals surface area contributed by atoms with Crippen molar-refractivity contribution in [1.29, 1.82) is 0 Å². The first-order valence-electron chi connectivity index (χ1n) is 7.94. The molecule has 0 aliphatic heterocycles. The highest BCUT2D eigenvalue weighted by Gasteiger charge is 2.24. The third-order valence-corrected chi connectivity index (χ3v) is 4.19. The van der Waals surface area contributed by atoms with Crippen molar-refractivity contribution in [3.63, 3.8) is 0 Å². The van der Waals surface area contributed by atoms with E-state index in [9.17, 15) is 4.79 Å². The summed E-state index contributed by atoms with van der Waals surface area (Å²) in [4.78, 5) is 16.2. The predicted octanol–water partition coefficient (Wildman–Crippen LogP) is 2.16. The molecule has 22 heavy (non-hydrogen) atoms. The lowest BCUT2D eigenvalue weighted by Gasteiger charge is -2.23. The number of nitrogens with zero attached hydrogens (tertiary/aromatic N) is 2. The molecule has 0 saturated heterocycles. The highest BCUT2D eigenvalue weighted by molar-refractivity contribution is 5.79. The van der Waals surface area contributed by atoms with E-state index in [1.807, 2.05) is 0 Å². The third kappa shape index (κ3) is 3.72. The van der Waals surface area contributed by atoms with E-state index < -0.39 is 0 Å². The summed E-state index contributed by atoms with van der Waals surface area (Å²) < 4.78 is 0. The molecule has 1 amide bonds. The SMILES string of the molecule is Cc1ccc(Cc2nc(CCNC(=O)C3CCC3)n[nH]2)cc1. The monoisotopic (exact) mass is 298 g/mol. The zero-order chi connectivity index (χ0) is 15.4. The Morgan fingerprint density at radius 3 is 2.77 bits per heavy atom. The maximum atomic E-state index is 11.7. The quantitative estimate of drug-likeness (QED) is 0.858. The smallest absolute Gasteiger partial charge is 0.223 e. The number of rotatable bonds is 6. The van der Waals surface area contributed by atoms with Gasteiger partial charge in [-0.2, -0.15) is 5.10 Å². The van der Waals surface area contributed by atoms with Crippen molar-refractivity contribution in [1.82, 2.24) is 20.5 Å². The van der Waals surface area contributed by atoms with Crippen LogP contribution < -0.4 is 5.32 Å². The van der Waals surface area contributed by atoms with E-state index >= 15 is 0 Å². The summed E-state index contributed by atoms with van der Waals surface area (Å²) in [6.07, 6.45) is 4.67. The van der Waals surface area contributed by atoms with Crippen LogP contribution in [-0.2, 0) is 17.6 Å². The lowest BCUT2D eigenvalue weighted by molar-refractivity contribution is -0.127. The van der Waals surface area contributed by atoms with Crippen molar-refractivity contribution in [2.24, 2.45) is 5.92 Å². The summed E-state index contributed by atoms with van der Waals surface area (Å²) in [5, 5.41) is 10.2. The zero-order valence-corrected chi connectivity index (χ0v) is 12.9. The molecule has 0 unspecified atom stereocenters. The Labute approximate surface area is 130 Å². The summed E-state index contributed by atoms with van der Waals surface area (Å²) in [5.41, 5.74) is 2.47. The van der Waals surface area contributed by atoms with Crippen molar-refractivity contribution in [3.8, 4) is 0 Å². The van der Waals surface area contributed by atoms with Gasteiger partial charge in [-0.3, -0.25) is 9.89 Å². The molecule has 1 heterocycles. The minimum Gasteiger partial charge on any atom is -0.355 e. The molecule has 3 rings (SSSR count). The van der Waals surface area contributed by atoms with Gasteiger partial charge in [-0.05, 0) is 25.3 Å². The van der Waals surface area contributed by atoms with Crippen LogP contribution in [0.1, 0.15) is 42.0 Å². The number of hydrogen-bond acceptors (Lipinski definition) is 3. The van der Waals surface area contributed by atoms with Crippen molar-refractivity contribution in [3.05, 3.63) is 47.0 Å². The molecule has 5 heteroatoms. The summed E-state index contributed by atoms with van der Waals surface area (Å²) in [7, 11) is 0. The molecular weight excluding hydrogens is 276 g/mol. The number of benzene rings is 1. The number of carbonyl (C=O) groups is 1. The molecule has 1 aromatic heterocycles. The Bertz CT molecular complexity index is 628. The van der Waals surface area contributed by atoms with Gasteiger partial charge in [0.1, 0.15) is 5.82 Å². The Hall–Kier alpha value is -2.17. The Morgan fingerprint density at radius 1 is 1.32 bits per heavy atom. The number of aromatic nitrogens is 3. The van der Waals surface area contributed by atoms with Crippen molar-refractivity contribution >= 4 is 5.91 Å². The van der Waals surface area contributed by atoms with Gasteiger partial charge in [-0.15, -0.1) is 0 Å². The molecule has 116 valence electrons. The molecule has 2 aromatic rings. The maximum Gasteiger partial charge on any atom is 0.223 e. The van der Waals surface area contributed by atoms with Crippen LogP contribution in [0.5, 0.6) is 0 Å². The molecule has 1 saturated carbocycles. The molecular formula is C17H22N4O. The first-order chi connectivity index (χ1) is 10.7. The van der Waals surface area contributed by atoms with Crippen LogP contribution in [0.2, 0.25) is 0 Å². The summed E-state index contributed by atoms with van der Waals surface area (Å²) in [5.74, 6) is 2.05. The third-order valence-electron chi connectivity index (χ3n) is 4.19. The fraction of sp³-hybridized carbons (Fsp3) is 0.471. The van der Waals surface area contributed by atoms with Crippen LogP contribution in [0.4, 0.5) is 0 Å². The van der Waals surface area contributed by atoms with Crippen LogP contribution in [0.3, 0.4) is 0 Å². The average Bonchev–Trinajstić information content (AvgIpc) is 2.87. The molecule has 1 aliphatic carbocycles. The molecule has 1 aliphatic rings. The van der Waals surface area contributed by atoms with E-state index in [0.29, 0.717) is 13.0 Å². The normalized spacial score (nSPS) is 14.6. The largest absolute Gasteiger partial charge is 0.355 e. The summed E-state index contributed by atoms with van der Waals surface area (Å²) in [6.45, 7) is 2.69. The Morgan fingerprint density at radius 2 is 2.09 bits per heavy atom. The number of aromatic amines is 1. The van der Waals surface area contributed by atoms with E-state index in [4.69, 9.17) is 0 Å². The first kappa shape index (κ1) is 14.8. The van der Waals surface area contributed by atoms with Gasteiger partial charge in [0.25, 0.3) is 0 Å². The van der Waals surface area contributed by atoms with Gasteiger partial charge in [0, 0.05) is 25.3 Å². The van der Waals surface area contributed by atoms with Crippen molar-refractivity contribution in [2.75, 3.05) is 6.54 Å². The van der Waals surface area contributed by atoms with Gasteiger partial charge < -0.3 is 5.32 Å². The second kappa shape index (κ2) is 6.73. The van der Waals surface area contributed by atoms with Crippen LogP contribution >= 0.6 is 0 Å². The Kier molecular flexibility index (Phi) is 4.51. The number of carbonyl (C=O) groups excluding carboxylic acids is 1. The summed E-state index contributed by atoms with van der Waals surface area (Å²) in [6, 6.07) is 8.41. The van der Waals surface area contributed by atoms with Crippen LogP contribution in [0, 0.1) is 12.8 Å². The van der Waals surface area contributed by atoms with E-state index in [0.717, 1.165) is 30.9 Å². The van der Waals surface area contributed by atoms with Gasteiger partial charge >= 0.3 is 0 Å². The predicted molar refractivity (Wildman–Crippen MR) is 84.4 cm³/mol. The number of hydrogen-bond donors (Lipinski definition) is 2. The molecule has 2 N–H and O–H groups in total. The van der Waals surface area contributed by atoms with Gasteiger partial charge in [-0.25, -0.2) is 4.98 Å². The van der Waals surface area contributed by atoms with Gasteiger partial charge in [0.15, 0.2) is 5.82 Å². The fourth-order valence-electron chi connectivity index (χ4n) is 2.54. The van der Waals surface area contributed by atoms with Crippen molar-refractivity contribution in [2.45, 2.75) is 39.0 Å². The zero-order valence-electron chi connectivity index (χ0n) is 12.9. The maximum absolute atomic E-state index is 11.7. The first-order valence-corrected chi connectivity index (χ1v) is 7.94. The minimum absolute atomic E-state index is 0.182. The van der Waals surface area contributed by atoms with Gasteiger partial charge in [0.2, 0.25) is 5.91 Å². The number of H-pyrrole nitrogens is 1. The number of aryl methyl sites for hydroxylation is 1. The molecule has 1 aromatic carbocycles. The highest BCUT2D eigenvalue weighted by Crippen LogP contribution is 2.26. The van der Waals surface area contributed by atoms with Gasteiger partial charge in [0.05, 0.1) is 0 Å². The second-order valence-corrected chi connectivity index (χ2v) is 6.03. The van der Waals surface area contributed by atoms with E-state index in [-0.39, 0.29) is 11.8 Å². The Balaban J connectivity index is 1.46. The molecule has 0 spiro atoms. The standard InChI is InChI=1S/C17H22N4O/c1-12-5-7-13(8-6-12)11-16-19-15(20-21-16)9-10-18-17(22)14-3-2-4-14/h5-8,14H,2-4,9-11H2,1H3,(H,18,22)(H,19,20,21). The second-order valence-electron chi connectivity index (χ2n) is 6.03. The molecule has 0 bridgehead atoms. The van der Waals surface area contributed by atoms with Crippen LogP contribution in [0.25, 0.3) is 0 Å². The average molecular weight is 298 g/mol. The molecule has 5 nitrogen and oxygen atoms in total. The van der Waals surface area contributed by atoms with E-state index in [1.165, 1.54) is 17.5 Å². The highest BCUT2D eigenvalue weighted by atomic mass is 16.1. The van der Waals surface area contributed by atoms with E-state index in [1.54, 1.807) is 0 Å². The minimum atomic E-state index is 0.182. The number of nitrogens with one attached hydrogen (secondary N) is 2. The van der Waals surface area contributed by atoms with Crippen molar-refractivity contribution < 1.29 is 4.79 Å². The topological polar surface area (TPSA) is 70.7 Å². The molecule has 0 radical (unpaired) electrons. The van der Waals surface area contributed by atoms with Crippen LogP contribution in [-0.4, -0.2) is 27.6 Å².